The largest absolute Gasteiger partial charge is 0.497 e. The molecule has 0 radical (unpaired) electrons. The van der Waals surface area contributed by atoms with Gasteiger partial charge in [-0.3, -0.25) is 4.79 Å². The average molecular weight is 373 g/mol. The summed E-state index contributed by atoms with van der Waals surface area (Å²) in [5.41, 5.74) is 1.14. The molecule has 1 aliphatic rings. The number of furan rings is 1. The second kappa shape index (κ2) is 7.13. The third-order valence-electron chi connectivity index (χ3n) is 5.06. The van der Waals surface area contributed by atoms with Gasteiger partial charge >= 0.3 is 6.03 Å². The Morgan fingerprint density at radius 3 is 2.63 bits per heavy atom. The molecule has 0 bridgehead atoms. The molecule has 0 unspecified atom stereocenters. The molecule has 7 heteroatoms. The summed E-state index contributed by atoms with van der Waals surface area (Å²) in [6.07, 6.45) is 1.91. The van der Waals surface area contributed by atoms with E-state index in [1.807, 2.05) is 36.9 Å². The van der Waals surface area contributed by atoms with Gasteiger partial charge in [0.1, 0.15) is 11.3 Å². The third-order valence-corrected chi connectivity index (χ3v) is 5.06. The summed E-state index contributed by atoms with van der Waals surface area (Å²) in [7, 11) is 5.09. The quantitative estimate of drug-likeness (QED) is 0.829. The zero-order chi connectivity index (χ0) is 19.8. The van der Waals surface area contributed by atoms with Crippen molar-refractivity contribution in [2.45, 2.75) is 25.8 Å². The minimum Gasteiger partial charge on any atom is -0.497 e. The molecule has 3 amide bonds. The number of piperazine rings is 1. The second-order valence-electron chi connectivity index (χ2n) is 7.76. The van der Waals surface area contributed by atoms with Crippen LogP contribution in [0.5, 0.6) is 5.75 Å². The first-order chi connectivity index (χ1) is 12.7. The second-order valence-corrected chi connectivity index (χ2v) is 7.76. The van der Waals surface area contributed by atoms with E-state index in [0.29, 0.717) is 25.2 Å². The summed E-state index contributed by atoms with van der Waals surface area (Å²) in [5, 5.41) is 0.920. The van der Waals surface area contributed by atoms with Gasteiger partial charge in [-0.2, -0.15) is 0 Å². The number of methoxy groups -OCH3 is 1. The highest BCUT2D eigenvalue weighted by Gasteiger charge is 2.38. The molecule has 146 valence electrons. The van der Waals surface area contributed by atoms with Crippen molar-refractivity contribution in [1.29, 1.82) is 0 Å². The van der Waals surface area contributed by atoms with Crippen molar-refractivity contribution in [2.24, 2.45) is 0 Å². The van der Waals surface area contributed by atoms with Gasteiger partial charge < -0.3 is 23.9 Å². The molecule has 0 aliphatic carbocycles. The Labute approximate surface area is 159 Å². The molecule has 1 aliphatic heterocycles. The van der Waals surface area contributed by atoms with Crippen LogP contribution in [0.15, 0.2) is 28.9 Å². The van der Waals surface area contributed by atoms with Gasteiger partial charge in [-0.05, 0) is 26.0 Å². The number of amides is 3. The highest BCUT2D eigenvalue weighted by atomic mass is 16.5. The summed E-state index contributed by atoms with van der Waals surface area (Å²) in [6, 6.07) is 5.57. The lowest BCUT2D eigenvalue weighted by molar-refractivity contribution is -0.139. The van der Waals surface area contributed by atoms with Crippen molar-refractivity contribution in [3.63, 3.8) is 0 Å². The molecule has 0 atom stereocenters. The maximum absolute atomic E-state index is 13.0. The highest BCUT2D eigenvalue weighted by molar-refractivity contribution is 5.88. The van der Waals surface area contributed by atoms with Gasteiger partial charge in [-0.1, -0.05) is 0 Å². The SMILES string of the molecule is COc1ccc2c(CC(=O)N3CCN(C(=O)N(C)C)CC3(C)C)coc2c1. The summed E-state index contributed by atoms with van der Waals surface area (Å²) >= 11 is 0. The number of hydrogen-bond donors (Lipinski definition) is 0. The van der Waals surface area contributed by atoms with E-state index in [1.165, 1.54) is 0 Å². The van der Waals surface area contributed by atoms with E-state index < -0.39 is 5.54 Å². The number of rotatable bonds is 3. The van der Waals surface area contributed by atoms with E-state index in [0.717, 1.165) is 16.7 Å². The Morgan fingerprint density at radius 2 is 2.00 bits per heavy atom. The number of fused-ring (bicyclic) bond motifs is 1. The number of carbonyl (C=O) groups excluding carboxylic acids is 2. The summed E-state index contributed by atoms with van der Waals surface area (Å²) in [6.45, 7) is 5.57. The summed E-state index contributed by atoms with van der Waals surface area (Å²) < 4.78 is 10.8. The Bertz CT molecular complexity index is 856. The fourth-order valence-corrected chi connectivity index (χ4v) is 3.65. The molecule has 1 aromatic heterocycles. The molecule has 1 saturated heterocycles. The first-order valence-electron chi connectivity index (χ1n) is 9.04. The van der Waals surface area contributed by atoms with E-state index in [9.17, 15) is 9.59 Å². The lowest BCUT2D eigenvalue weighted by Crippen LogP contribution is -2.63. The van der Waals surface area contributed by atoms with Crippen molar-refractivity contribution in [3.8, 4) is 5.75 Å². The Hall–Kier alpha value is -2.70. The first-order valence-corrected chi connectivity index (χ1v) is 9.04. The Morgan fingerprint density at radius 1 is 1.26 bits per heavy atom. The van der Waals surface area contributed by atoms with Gasteiger partial charge in [0.05, 0.1) is 25.3 Å². The van der Waals surface area contributed by atoms with Crippen molar-refractivity contribution >= 4 is 22.9 Å². The number of ether oxygens (including phenoxy) is 1. The molecule has 0 saturated carbocycles. The van der Waals surface area contributed by atoms with Crippen LogP contribution in [0.1, 0.15) is 19.4 Å². The lowest BCUT2D eigenvalue weighted by atomic mass is 9.97. The number of nitrogens with zero attached hydrogens (tertiary/aromatic N) is 3. The number of hydrogen-bond acceptors (Lipinski definition) is 4. The molecular formula is C20H27N3O4. The minimum absolute atomic E-state index is 0.0232. The van der Waals surface area contributed by atoms with Gasteiger partial charge in [0.2, 0.25) is 5.91 Å². The molecule has 27 heavy (non-hydrogen) atoms. The fourth-order valence-electron chi connectivity index (χ4n) is 3.65. The van der Waals surface area contributed by atoms with Gasteiger partial charge in [0.25, 0.3) is 0 Å². The summed E-state index contributed by atoms with van der Waals surface area (Å²) in [4.78, 5) is 30.5. The monoisotopic (exact) mass is 373 g/mol. The number of benzene rings is 1. The van der Waals surface area contributed by atoms with Crippen LogP contribution in [0.2, 0.25) is 0 Å². The van der Waals surface area contributed by atoms with Gasteiger partial charge in [-0.15, -0.1) is 0 Å². The maximum atomic E-state index is 13.0. The van der Waals surface area contributed by atoms with Crippen molar-refractivity contribution in [3.05, 3.63) is 30.0 Å². The fraction of sp³-hybridized carbons (Fsp3) is 0.500. The highest BCUT2D eigenvalue weighted by Crippen LogP contribution is 2.28. The zero-order valence-corrected chi connectivity index (χ0v) is 16.6. The van der Waals surface area contributed by atoms with Crippen LogP contribution in [-0.2, 0) is 11.2 Å². The van der Waals surface area contributed by atoms with Crippen molar-refractivity contribution in [1.82, 2.24) is 14.7 Å². The van der Waals surface area contributed by atoms with Crippen LogP contribution in [0.4, 0.5) is 4.79 Å². The van der Waals surface area contributed by atoms with Crippen LogP contribution in [0, 0.1) is 0 Å². The van der Waals surface area contributed by atoms with Gasteiger partial charge in [0, 0.05) is 50.7 Å². The third kappa shape index (κ3) is 3.72. The lowest BCUT2D eigenvalue weighted by Gasteiger charge is -2.47. The number of carbonyl (C=O) groups is 2. The molecule has 2 heterocycles. The van der Waals surface area contributed by atoms with E-state index in [-0.39, 0.29) is 18.4 Å². The van der Waals surface area contributed by atoms with E-state index in [4.69, 9.17) is 9.15 Å². The van der Waals surface area contributed by atoms with Crippen LogP contribution in [0.25, 0.3) is 11.0 Å². The summed E-state index contributed by atoms with van der Waals surface area (Å²) in [5.74, 6) is 0.757. The molecule has 1 aromatic carbocycles. The topological polar surface area (TPSA) is 66.2 Å². The maximum Gasteiger partial charge on any atom is 0.319 e. The number of urea groups is 1. The molecule has 3 rings (SSSR count). The molecular weight excluding hydrogens is 346 g/mol. The van der Waals surface area contributed by atoms with E-state index in [2.05, 4.69) is 0 Å². The van der Waals surface area contributed by atoms with Crippen LogP contribution in [0.3, 0.4) is 0 Å². The van der Waals surface area contributed by atoms with Crippen LogP contribution >= 0.6 is 0 Å². The predicted molar refractivity (Wildman–Crippen MR) is 103 cm³/mol. The van der Waals surface area contributed by atoms with Crippen molar-refractivity contribution in [2.75, 3.05) is 40.8 Å². The van der Waals surface area contributed by atoms with E-state index in [1.54, 1.807) is 37.3 Å². The molecule has 0 spiro atoms. The molecule has 1 fully saturated rings. The van der Waals surface area contributed by atoms with Gasteiger partial charge in [0.15, 0.2) is 0 Å². The van der Waals surface area contributed by atoms with Crippen LogP contribution < -0.4 is 4.74 Å². The Balaban J connectivity index is 1.74. The normalized spacial score (nSPS) is 16.5. The molecule has 2 aromatic rings. The standard InChI is InChI=1S/C20H27N3O4/c1-20(2)13-22(19(25)21(3)4)8-9-23(20)18(24)10-14-12-27-17-11-15(26-5)6-7-16(14)17/h6-7,11-12H,8-10,13H2,1-5H3. The van der Waals surface area contributed by atoms with E-state index >= 15 is 0 Å². The van der Waals surface area contributed by atoms with Crippen molar-refractivity contribution < 1.29 is 18.7 Å². The average Bonchev–Trinajstić information content (AvgIpc) is 3.01. The molecule has 0 N–H and O–H groups in total. The molecule has 7 nitrogen and oxygen atoms in total. The first kappa shape index (κ1) is 19.1. The predicted octanol–water partition coefficient (Wildman–Crippen LogP) is 2.59. The van der Waals surface area contributed by atoms with Crippen LogP contribution in [-0.4, -0.2) is 73.0 Å². The Kier molecular flexibility index (Phi) is 5.04. The van der Waals surface area contributed by atoms with Gasteiger partial charge in [-0.25, -0.2) is 4.79 Å². The zero-order valence-electron chi connectivity index (χ0n) is 16.6. The smallest absolute Gasteiger partial charge is 0.319 e. The minimum atomic E-state index is -0.427.